The van der Waals surface area contributed by atoms with Crippen LogP contribution in [0.1, 0.15) is 59.6 Å². The van der Waals surface area contributed by atoms with Crippen molar-refractivity contribution in [2.75, 3.05) is 5.32 Å². The summed E-state index contributed by atoms with van der Waals surface area (Å²) < 4.78 is 1.83. The van der Waals surface area contributed by atoms with Crippen molar-refractivity contribution in [3.8, 4) is 5.69 Å². The summed E-state index contributed by atoms with van der Waals surface area (Å²) in [6, 6.07) is 13.0. The first-order chi connectivity index (χ1) is 14.2. The second kappa shape index (κ2) is 8.45. The predicted molar refractivity (Wildman–Crippen MR) is 112 cm³/mol. The Morgan fingerprint density at radius 2 is 1.97 bits per heavy atom. The van der Waals surface area contributed by atoms with Crippen LogP contribution < -0.4 is 11.1 Å². The quantitative estimate of drug-likeness (QED) is 0.581. The molecule has 4 N–H and O–H groups in total. The van der Waals surface area contributed by atoms with Crippen molar-refractivity contribution < 1.29 is 9.90 Å². The maximum Gasteiger partial charge on any atom is 0.339 e. The van der Waals surface area contributed by atoms with Gasteiger partial charge in [0.2, 0.25) is 0 Å². The number of carboxylic acid groups (broad SMARTS) is 1. The number of hydrogen-bond donors (Lipinski definition) is 3. The average Bonchev–Trinajstić information content (AvgIpc) is 3.18. The van der Waals surface area contributed by atoms with Gasteiger partial charge in [-0.2, -0.15) is 5.10 Å². The molecule has 2 heterocycles. The third kappa shape index (κ3) is 4.00. The van der Waals surface area contributed by atoms with Crippen molar-refractivity contribution in [1.29, 1.82) is 0 Å². The van der Waals surface area contributed by atoms with Crippen LogP contribution in [0.15, 0.2) is 48.7 Å². The smallest absolute Gasteiger partial charge is 0.339 e. The van der Waals surface area contributed by atoms with Gasteiger partial charge < -0.3 is 16.2 Å². The molecule has 0 aliphatic heterocycles. The lowest BCUT2D eigenvalue weighted by Gasteiger charge is -2.19. The van der Waals surface area contributed by atoms with Gasteiger partial charge in [0.1, 0.15) is 17.2 Å². The maximum absolute atomic E-state index is 11.6. The van der Waals surface area contributed by atoms with Gasteiger partial charge in [0.25, 0.3) is 0 Å². The zero-order valence-electron chi connectivity index (χ0n) is 16.2. The number of carboxylic acids is 1. The van der Waals surface area contributed by atoms with Gasteiger partial charge in [0, 0.05) is 24.7 Å². The summed E-state index contributed by atoms with van der Waals surface area (Å²) in [6.45, 7) is 0.387. The van der Waals surface area contributed by atoms with Gasteiger partial charge >= 0.3 is 5.97 Å². The fourth-order valence-corrected chi connectivity index (χ4v) is 3.96. The highest BCUT2D eigenvalue weighted by atomic mass is 16.4. The van der Waals surface area contributed by atoms with E-state index in [0.717, 1.165) is 29.8 Å². The van der Waals surface area contributed by atoms with Crippen molar-refractivity contribution in [2.45, 2.75) is 44.6 Å². The molecule has 29 heavy (non-hydrogen) atoms. The summed E-state index contributed by atoms with van der Waals surface area (Å²) in [7, 11) is 0. The number of carbonyl (C=O) groups is 1. The Bertz CT molecular complexity index is 1010. The highest BCUT2D eigenvalue weighted by Gasteiger charge is 2.22. The zero-order chi connectivity index (χ0) is 20.2. The van der Waals surface area contributed by atoms with E-state index in [0.29, 0.717) is 24.1 Å². The van der Waals surface area contributed by atoms with E-state index in [1.165, 1.54) is 25.3 Å². The minimum atomic E-state index is -1.03. The van der Waals surface area contributed by atoms with Gasteiger partial charge in [-0.05, 0) is 36.6 Å². The SMILES string of the molecule is NCc1ccccc1-n1nc(C2CCCCC2)cc1Nc1ncccc1C(=O)O. The molecule has 1 aliphatic rings. The monoisotopic (exact) mass is 391 g/mol. The molecule has 7 heteroatoms. The molecule has 1 aliphatic carbocycles. The third-order valence-corrected chi connectivity index (χ3v) is 5.48. The molecule has 1 saturated carbocycles. The van der Waals surface area contributed by atoms with Gasteiger partial charge in [-0.25, -0.2) is 14.5 Å². The van der Waals surface area contributed by atoms with E-state index >= 15 is 0 Å². The highest BCUT2D eigenvalue weighted by Crippen LogP contribution is 2.35. The van der Waals surface area contributed by atoms with Gasteiger partial charge in [0.15, 0.2) is 0 Å². The van der Waals surface area contributed by atoms with Crippen molar-refractivity contribution in [3.63, 3.8) is 0 Å². The largest absolute Gasteiger partial charge is 0.478 e. The van der Waals surface area contributed by atoms with Gasteiger partial charge in [-0.3, -0.25) is 0 Å². The molecule has 0 saturated heterocycles. The Balaban J connectivity index is 1.79. The number of hydrogen-bond acceptors (Lipinski definition) is 5. The Morgan fingerprint density at radius 3 is 2.72 bits per heavy atom. The summed E-state index contributed by atoms with van der Waals surface area (Å²) in [5.41, 5.74) is 8.94. The number of rotatable bonds is 6. The normalized spacial score (nSPS) is 14.7. The fraction of sp³-hybridized carbons (Fsp3) is 0.318. The lowest BCUT2D eigenvalue weighted by Crippen LogP contribution is -2.11. The molecular formula is C22H25N5O2. The Hall–Kier alpha value is -3.19. The Labute approximate surface area is 169 Å². The van der Waals surface area contributed by atoms with Crippen LogP contribution in [0.25, 0.3) is 5.69 Å². The van der Waals surface area contributed by atoms with Crippen LogP contribution in [-0.2, 0) is 6.54 Å². The van der Waals surface area contributed by atoms with Crippen molar-refractivity contribution in [1.82, 2.24) is 14.8 Å². The molecule has 0 unspecified atom stereocenters. The van der Waals surface area contributed by atoms with E-state index in [4.69, 9.17) is 10.8 Å². The molecule has 150 valence electrons. The van der Waals surface area contributed by atoms with Crippen LogP contribution in [0.5, 0.6) is 0 Å². The average molecular weight is 391 g/mol. The molecule has 0 bridgehead atoms. The van der Waals surface area contributed by atoms with Crippen LogP contribution in [0, 0.1) is 0 Å². The van der Waals surface area contributed by atoms with Crippen LogP contribution in [0.3, 0.4) is 0 Å². The number of anilines is 2. The summed E-state index contributed by atoms with van der Waals surface area (Å²) in [6.07, 6.45) is 7.52. The first-order valence-corrected chi connectivity index (χ1v) is 10.0. The first-order valence-electron chi connectivity index (χ1n) is 10.0. The number of aromatic carboxylic acids is 1. The minimum Gasteiger partial charge on any atom is -0.478 e. The number of benzene rings is 1. The minimum absolute atomic E-state index is 0.117. The van der Waals surface area contributed by atoms with E-state index in [-0.39, 0.29) is 5.56 Å². The molecular weight excluding hydrogens is 366 g/mol. The summed E-state index contributed by atoms with van der Waals surface area (Å²) in [5, 5.41) is 17.6. The lowest BCUT2D eigenvalue weighted by atomic mass is 9.87. The van der Waals surface area contributed by atoms with E-state index in [2.05, 4.69) is 10.3 Å². The molecule has 1 fully saturated rings. The van der Waals surface area contributed by atoms with Gasteiger partial charge in [0.05, 0.1) is 11.4 Å². The molecule has 0 atom stereocenters. The van der Waals surface area contributed by atoms with Gasteiger partial charge in [-0.1, -0.05) is 37.5 Å². The number of nitrogens with zero attached hydrogens (tertiary/aromatic N) is 3. The molecule has 0 spiro atoms. The van der Waals surface area contributed by atoms with E-state index in [9.17, 15) is 9.90 Å². The van der Waals surface area contributed by atoms with E-state index in [1.54, 1.807) is 12.3 Å². The number of pyridine rings is 1. The summed E-state index contributed by atoms with van der Waals surface area (Å²) in [4.78, 5) is 15.8. The predicted octanol–water partition coefficient (Wildman–Crippen LogP) is 4.22. The lowest BCUT2D eigenvalue weighted by molar-refractivity contribution is 0.0697. The van der Waals surface area contributed by atoms with Crippen LogP contribution in [-0.4, -0.2) is 25.8 Å². The summed E-state index contributed by atoms with van der Waals surface area (Å²) >= 11 is 0. The topological polar surface area (TPSA) is 106 Å². The highest BCUT2D eigenvalue weighted by molar-refractivity contribution is 5.93. The second-order valence-corrected chi connectivity index (χ2v) is 7.36. The molecule has 1 aromatic carbocycles. The standard InChI is InChI=1S/C22H25N5O2/c23-14-16-9-4-5-11-19(16)27-20(13-18(26-27)15-7-2-1-3-8-15)25-21-17(22(28)29)10-6-12-24-21/h4-6,9-13,15H,1-3,7-8,14,23H2,(H,24,25)(H,28,29). The molecule has 4 rings (SSSR count). The van der Waals surface area contributed by atoms with Crippen molar-refractivity contribution in [2.24, 2.45) is 5.73 Å². The van der Waals surface area contributed by atoms with Crippen molar-refractivity contribution >= 4 is 17.6 Å². The number of para-hydroxylation sites is 1. The molecule has 0 radical (unpaired) electrons. The molecule has 7 nitrogen and oxygen atoms in total. The van der Waals surface area contributed by atoms with E-state index < -0.39 is 5.97 Å². The second-order valence-electron chi connectivity index (χ2n) is 7.36. The molecule has 0 amide bonds. The Morgan fingerprint density at radius 1 is 1.17 bits per heavy atom. The van der Waals surface area contributed by atoms with E-state index in [1.807, 2.05) is 35.0 Å². The maximum atomic E-state index is 11.6. The molecule has 2 aromatic heterocycles. The number of aromatic nitrogens is 3. The van der Waals surface area contributed by atoms with Gasteiger partial charge in [-0.15, -0.1) is 0 Å². The third-order valence-electron chi connectivity index (χ3n) is 5.48. The summed E-state index contributed by atoms with van der Waals surface area (Å²) in [5.74, 6) is 0.369. The number of nitrogens with one attached hydrogen (secondary N) is 1. The first kappa shape index (κ1) is 19.1. The Kier molecular flexibility index (Phi) is 5.57. The molecule has 3 aromatic rings. The van der Waals surface area contributed by atoms with Crippen LogP contribution in [0.2, 0.25) is 0 Å². The fourth-order valence-electron chi connectivity index (χ4n) is 3.96. The zero-order valence-corrected chi connectivity index (χ0v) is 16.2. The van der Waals surface area contributed by atoms with Crippen LogP contribution >= 0.6 is 0 Å². The van der Waals surface area contributed by atoms with Crippen LogP contribution in [0.4, 0.5) is 11.6 Å². The number of nitrogens with two attached hydrogens (primary N) is 1. The van der Waals surface area contributed by atoms with Crippen molar-refractivity contribution in [3.05, 3.63) is 65.5 Å².